The number of allylic oxidation sites excluding steroid dienone is 1. The molecule has 2 N–H and O–H groups in total. The molecule has 0 amide bonds. The summed E-state index contributed by atoms with van der Waals surface area (Å²) >= 11 is 4.94. The highest BCUT2D eigenvalue weighted by molar-refractivity contribution is 7.80. The first-order valence-electron chi connectivity index (χ1n) is 4.68. The summed E-state index contributed by atoms with van der Waals surface area (Å²) in [6.45, 7) is 2.42. The SMILES string of the molecule is C/C=C/COC(=S)NNc1ccccc1. The maximum Gasteiger partial charge on any atom is 0.276 e. The fourth-order valence-electron chi connectivity index (χ4n) is 0.901. The first kappa shape index (κ1) is 11.5. The van der Waals surface area contributed by atoms with Crippen molar-refractivity contribution in [3.05, 3.63) is 42.5 Å². The van der Waals surface area contributed by atoms with Gasteiger partial charge in [0.2, 0.25) is 0 Å². The third-order valence-electron chi connectivity index (χ3n) is 1.63. The van der Waals surface area contributed by atoms with Crippen LogP contribution in [0.4, 0.5) is 5.69 Å². The van der Waals surface area contributed by atoms with Crippen molar-refractivity contribution >= 4 is 23.1 Å². The van der Waals surface area contributed by atoms with E-state index in [1.165, 1.54) is 0 Å². The molecule has 0 atom stereocenters. The lowest BCUT2D eigenvalue weighted by atomic mass is 10.3. The van der Waals surface area contributed by atoms with E-state index in [0.717, 1.165) is 5.69 Å². The smallest absolute Gasteiger partial charge is 0.276 e. The molecule has 0 saturated heterocycles. The summed E-state index contributed by atoms with van der Waals surface area (Å²) in [6.07, 6.45) is 3.80. The molecule has 1 rings (SSSR count). The van der Waals surface area contributed by atoms with Crippen LogP contribution in [0, 0.1) is 0 Å². The van der Waals surface area contributed by atoms with Crippen molar-refractivity contribution in [2.75, 3.05) is 12.0 Å². The van der Waals surface area contributed by atoms with Crippen LogP contribution in [0.2, 0.25) is 0 Å². The Hall–Kier alpha value is -1.55. The van der Waals surface area contributed by atoms with Gasteiger partial charge < -0.3 is 4.74 Å². The Morgan fingerprint density at radius 3 is 2.80 bits per heavy atom. The number of hydrazine groups is 1. The van der Waals surface area contributed by atoms with Crippen LogP contribution in [0.1, 0.15) is 6.92 Å². The minimum atomic E-state index is 0.331. The Kier molecular flexibility index (Phi) is 5.25. The van der Waals surface area contributed by atoms with Crippen molar-refractivity contribution in [1.82, 2.24) is 5.43 Å². The predicted molar refractivity (Wildman–Crippen MR) is 66.6 cm³/mol. The largest absolute Gasteiger partial charge is 0.466 e. The Balaban J connectivity index is 2.23. The molecule has 0 fully saturated rings. The molecule has 0 spiro atoms. The van der Waals surface area contributed by atoms with Gasteiger partial charge in [-0.25, -0.2) is 0 Å². The summed E-state index contributed by atoms with van der Waals surface area (Å²) < 4.78 is 5.18. The van der Waals surface area contributed by atoms with Crippen LogP contribution in [0.3, 0.4) is 0 Å². The van der Waals surface area contributed by atoms with Crippen LogP contribution in [0.5, 0.6) is 0 Å². The molecule has 15 heavy (non-hydrogen) atoms. The summed E-state index contributed by atoms with van der Waals surface area (Å²) in [5.74, 6) is 0. The standard InChI is InChI=1S/C11H14N2OS/c1-2-3-9-14-11(15)13-12-10-7-5-4-6-8-10/h2-8,12H,9H2,1H3,(H,13,15)/b3-2+. The number of rotatable bonds is 4. The van der Waals surface area contributed by atoms with Crippen LogP contribution in [-0.2, 0) is 4.74 Å². The normalized spacial score (nSPS) is 9.93. The summed E-state index contributed by atoms with van der Waals surface area (Å²) in [5, 5.41) is 0.331. The molecule has 0 aliphatic carbocycles. The average Bonchev–Trinajstić information content (AvgIpc) is 2.28. The van der Waals surface area contributed by atoms with E-state index >= 15 is 0 Å². The zero-order valence-electron chi connectivity index (χ0n) is 8.57. The minimum Gasteiger partial charge on any atom is -0.466 e. The van der Waals surface area contributed by atoms with E-state index in [1.54, 1.807) is 0 Å². The van der Waals surface area contributed by atoms with Gasteiger partial charge in [-0.1, -0.05) is 30.4 Å². The monoisotopic (exact) mass is 222 g/mol. The van der Waals surface area contributed by atoms with Crippen molar-refractivity contribution in [2.24, 2.45) is 0 Å². The van der Waals surface area contributed by atoms with Crippen molar-refractivity contribution in [3.8, 4) is 0 Å². The molecule has 80 valence electrons. The zero-order valence-corrected chi connectivity index (χ0v) is 9.38. The van der Waals surface area contributed by atoms with Gasteiger partial charge in [-0.15, -0.1) is 0 Å². The number of anilines is 1. The number of hydrogen-bond acceptors (Lipinski definition) is 3. The van der Waals surface area contributed by atoms with Gasteiger partial charge in [-0.05, 0) is 31.3 Å². The Morgan fingerprint density at radius 1 is 1.40 bits per heavy atom. The highest BCUT2D eigenvalue weighted by Gasteiger charge is 1.93. The van der Waals surface area contributed by atoms with Gasteiger partial charge in [-0.3, -0.25) is 10.9 Å². The van der Waals surface area contributed by atoms with Crippen molar-refractivity contribution in [1.29, 1.82) is 0 Å². The highest BCUT2D eigenvalue weighted by Crippen LogP contribution is 2.02. The zero-order chi connectivity index (χ0) is 10.9. The van der Waals surface area contributed by atoms with Crippen molar-refractivity contribution in [2.45, 2.75) is 6.92 Å². The van der Waals surface area contributed by atoms with Gasteiger partial charge in [-0.2, -0.15) is 0 Å². The molecular weight excluding hydrogens is 208 g/mol. The van der Waals surface area contributed by atoms with Gasteiger partial charge in [0.15, 0.2) is 0 Å². The Morgan fingerprint density at radius 2 is 2.13 bits per heavy atom. The second-order valence-electron chi connectivity index (χ2n) is 2.78. The summed E-state index contributed by atoms with van der Waals surface area (Å²) in [4.78, 5) is 0. The number of para-hydroxylation sites is 1. The number of thiocarbonyl (C=S) groups is 1. The molecule has 1 aromatic carbocycles. The molecule has 0 aliphatic rings. The van der Waals surface area contributed by atoms with Crippen LogP contribution in [0.15, 0.2) is 42.5 Å². The number of hydrogen-bond donors (Lipinski definition) is 2. The molecule has 0 heterocycles. The topological polar surface area (TPSA) is 33.3 Å². The van der Waals surface area contributed by atoms with Gasteiger partial charge >= 0.3 is 0 Å². The third-order valence-corrected chi connectivity index (χ3v) is 1.85. The number of ether oxygens (including phenoxy) is 1. The quantitative estimate of drug-likeness (QED) is 0.466. The summed E-state index contributed by atoms with van der Waals surface area (Å²) in [7, 11) is 0. The molecule has 0 aromatic heterocycles. The van der Waals surface area contributed by atoms with Gasteiger partial charge in [0.05, 0.1) is 5.69 Å². The lowest BCUT2D eigenvalue weighted by molar-refractivity contribution is 0.345. The second-order valence-corrected chi connectivity index (χ2v) is 3.15. The molecular formula is C11H14N2OS. The lowest BCUT2D eigenvalue weighted by Crippen LogP contribution is -2.29. The molecule has 0 aliphatic heterocycles. The maximum absolute atomic E-state index is 5.18. The van der Waals surface area contributed by atoms with E-state index in [2.05, 4.69) is 10.9 Å². The Labute approximate surface area is 95.1 Å². The Bertz CT molecular complexity index is 325. The van der Waals surface area contributed by atoms with E-state index in [1.807, 2.05) is 49.4 Å². The highest BCUT2D eigenvalue weighted by atomic mass is 32.1. The van der Waals surface area contributed by atoms with Crippen molar-refractivity contribution in [3.63, 3.8) is 0 Å². The minimum absolute atomic E-state index is 0.331. The van der Waals surface area contributed by atoms with Crippen molar-refractivity contribution < 1.29 is 4.74 Å². The van der Waals surface area contributed by atoms with Crippen LogP contribution in [-0.4, -0.2) is 11.8 Å². The molecule has 0 bridgehead atoms. The number of benzene rings is 1. The lowest BCUT2D eigenvalue weighted by Gasteiger charge is -2.10. The fourth-order valence-corrected chi connectivity index (χ4v) is 1.02. The molecule has 3 nitrogen and oxygen atoms in total. The van der Waals surface area contributed by atoms with E-state index in [-0.39, 0.29) is 0 Å². The fraction of sp³-hybridized carbons (Fsp3) is 0.182. The van der Waals surface area contributed by atoms with Gasteiger partial charge in [0.25, 0.3) is 5.17 Å². The van der Waals surface area contributed by atoms with Crippen LogP contribution >= 0.6 is 12.2 Å². The maximum atomic E-state index is 5.18. The average molecular weight is 222 g/mol. The van der Waals surface area contributed by atoms with E-state index in [0.29, 0.717) is 11.8 Å². The van der Waals surface area contributed by atoms with E-state index in [9.17, 15) is 0 Å². The van der Waals surface area contributed by atoms with E-state index in [4.69, 9.17) is 17.0 Å². The van der Waals surface area contributed by atoms with Crippen LogP contribution in [0.25, 0.3) is 0 Å². The summed E-state index contributed by atoms with van der Waals surface area (Å²) in [6, 6.07) is 9.69. The van der Waals surface area contributed by atoms with Gasteiger partial charge in [0.1, 0.15) is 6.61 Å². The van der Waals surface area contributed by atoms with E-state index < -0.39 is 0 Å². The first-order valence-corrected chi connectivity index (χ1v) is 5.08. The molecule has 0 unspecified atom stereocenters. The number of nitrogens with one attached hydrogen (secondary N) is 2. The molecule has 0 saturated carbocycles. The molecule has 1 aromatic rings. The van der Waals surface area contributed by atoms with Gasteiger partial charge in [0, 0.05) is 0 Å². The molecule has 4 heteroatoms. The van der Waals surface area contributed by atoms with Crippen LogP contribution < -0.4 is 10.9 Å². The summed E-state index contributed by atoms with van der Waals surface area (Å²) in [5.41, 5.74) is 6.65. The predicted octanol–water partition coefficient (Wildman–Crippen LogP) is 2.48. The molecule has 0 radical (unpaired) electrons. The second kappa shape index (κ2) is 6.84. The third kappa shape index (κ3) is 5.02. The first-order chi connectivity index (χ1) is 7.33.